The monoisotopic (exact) mass is 416 g/mol. The highest BCUT2D eigenvalue weighted by Gasteiger charge is 2.15. The van der Waals surface area contributed by atoms with Gasteiger partial charge in [-0.15, -0.1) is 11.6 Å². The van der Waals surface area contributed by atoms with Crippen molar-refractivity contribution in [3.63, 3.8) is 0 Å². The van der Waals surface area contributed by atoms with Crippen molar-refractivity contribution in [1.29, 1.82) is 0 Å². The van der Waals surface area contributed by atoms with Crippen molar-refractivity contribution in [3.05, 3.63) is 62.0 Å². The second kappa shape index (κ2) is 6.97. The fourth-order valence-electron chi connectivity index (χ4n) is 1.96. The molecule has 0 heterocycles. The van der Waals surface area contributed by atoms with Gasteiger partial charge in [-0.05, 0) is 64.7 Å². The van der Waals surface area contributed by atoms with Crippen molar-refractivity contribution in [2.24, 2.45) is 0 Å². The largest absolute Gasteiger partial charge is 0.493 e. The van der Waals surface area contributed by atoms with Crippen LogP contribution in [0.4, 0.5) is 0 Å². The van der Waals surface area contributed by atoms with Crippen LogP contribution in [0.25, 0.3) is 0 Å². The van der Waals surface area contributed by atoms with Crippen molar-refractivity contribution < 1.29 is 4.74 Å². The zero-order valence-electron chi connectivity index (χ0n) is 11.3. The highest BCUT2D eigenvalue weighted by Crippen LogP contribution is 2.37. The lowest BCUT2D eigenvalue weighted by Gasteiger charge is -2.15. The standard InChI is InChI=1S/C16H15Br2ClO/c1-3-20-15-7-5-11(9-14(15)18)16(19)12-6-4-10(2)8-13(12)17/h4-9,16H,3H2,1-2H3. The molecule has 20 heavy (non-hydrogen) atoms. The molecule has 0 aromatic heterocycles. The molecule has 1 nitrogen and oxygen atoms in total. The van der Waals surface area contributed by atoms with Crippen LogP contribution in [-0.4, -0.2) is 6.61 Å². The van der Waals surface area contributed by atoms with E-state index in [1.165, 1.54) is 5.56 Å². The van der Waals surface area contributed by atoms with E-state index in [1.807, 2.05) is 25.1 Å². The van der Waals surface area contributed by atoms with Gasteiger partial charge in [-0.3, -0.25) is 0 Å². The van der Waals surface area contributed by atoms with Gasteiger partial charge < -0.3 is 4.74 Å². The van der Waals surface area contributed by atoms with E-state index in [0.29, 0.717) is 6.61 Å². The van der Waals surface area contributed by atoms with Crippen molar-refractivity contribution in [2.75, 3.05) is 6.61 Å². The molecule has 0 N–H and O–H groups in total. The summed E-state index contributed by atoms with van der Waals surface area (Å²) < 4.78 is 7.47. The number of aryl methyl sites for hydroxylation is 1. The highest BCUT2D eigenvalue weighted by molar-refractivity contribution is 9.10. The molecule has 106 valence electrons. The molecule has 0 amide bonds. The first-order valence-corrected chi connectivity index (χ1v) is 8.37. The number of alkyl halides is 1. The molecule has 0 saturated carbocycles. The molecule has 1 unspecified atom stereocenters. The van der Waals surface area contributed by atoms with E-state index in [2.05, 4.69) is 57.0 Å². The lowest BCUT2D eigenvalue weighted by Crippen LogP contribution is -1.97. The molecule has 2 aromatic rings. The van der Waals surface area contributed by atoms with Gasteiger partial charge in [0.2, 0.25) is 0 Å². The molecular weight excluding hydrogens is 403 g/mol. The molecule has 0 radical (unpaired) electrons. The lowest BCUT2D eigenvalue weighted by atomic mass is 10.0. The predicted molar refractivity (Wildman–Crippen MR) is 91.9 cm³/mol. The zero-order valence-corrected chi connectivity index (χ0v) is 15.2. The van der Waals surface area contributed by atoms with Crippen LogP contribution in [0.2, 0.25) is 0 Å². The van der Waals surface area contributed by atoms with Crippen LogP contribution in [0.15, 0.2) is 45.3 Å². The maximum Gasteiger partial charge on any atom is 0.133 e. The minimum Gasteiger partial charge on any atom is -0.493 e. The van der Waals surface area contributed by atoms with E-state index in [9.17, 15) is 0 Å². The molecule has 0 aliphatic rings. The Hall–Kier alpha value is -0.510. The van der Waals surface area contributed by atoms with Crippen molar-refractivity contribution >= 4 is 43.5 Å². The second-order valence-electron chi connectivity index (χ2n) is 4.51. The van der Waals surface area contributed by atoms with Crippen LogP contribution in [0.3, 0.4) is 0 Å². The first-order valence-electron chi connectivity index (χ1n) is 6.35. The number of benzene rings is 2. The Kier molecular flexibility index (Phi) is 5.53. The summed E-state index contributed by atoms with van der Waals surface area (Å²) in [5.74, 6) is 0.836. The van der Waals surface area contributed by atoms with Crippen LogP contribution < -0.4 is 4.74 Å². The van der Waals surface area contributed by atoms with Crippen LogP contribution in [0.1, 0.15) is 29.0 Å². The zero-order chi connectivity index (χ0) is 14.7. The Morgan fingerprint density at radius 3 is 2.45 bits per heavy atom. The number of halogens is 3. The Balaban J connectivity index is 2.33. The maximum atomic E-state index is 6.60. The van der Waals surface area contributed by atoms with Gasteiger partial charge >= 0.3 is 0 Å². The predicted octanol–water partition coefficient (Wildman–Crippen LogP) is 6.25. The van der Waals surface area contributed by atoms with Gasteiger partial charge in [-0.1, -0.05) is 34.1 Å². The quantitative estimate of drug-likeness (QED) is 0.534. The highest BCUT2D eigenvalue weighted by atomic mass is 79.9. The van der Waals surface area contributed by atoms with Crippen LogP contribution in [0, 0.1) is 6.92 Å². The molecular formula is C16H15Br2ClO. The Labute approximate surface area is 141 Å². The van der Waals surface area contributed by atoms with Gasteiger partial charge in [0.15, 0.2) is 0 Å². The van der Waals surface area contributed by atoms with Crippen molar-refractivity contribution in [1.82, 2.24) is 0 Å². The molecule has 0 fully saturated rings. The summed E-state index contributed by atoms with van der Waals surface area (Å²) in [4.78, 5) is 0. The number of ether oxygens (including phenoxy) is 1. The molecule has 0 saturated heterocycles. The molecule has 0 bridgehead atoms. The Bertz CT molecular complexity index is 613. The summed E-state index contributed by atoms with van der Waals surface area (Å²) >= 11 is 13.7. The van der Waals surface area contributed by atoms with Gasteiger partial charge in [0.05, 0.1) is 16.5 Å². The first kappa shape index (κ1) is 15.9. The van der Waals surface area contributed by atoms with Crippen molar-refractivity contribution in [3.8, 4) is 5.75 Å². The normalized spacial score (nSPS) is 12.2. The average Bonchev–Trinajstić information content (AvgIpc) is 2.40. The van der Waals surface area contributed by atoms with Gasteiger partial charge in [-0.25, -0.2) is 0 Å². The van der Waals surface area contributed by atoms with E-state index in [0.717, 1.165) is 25.8 Å². The summed E-state index contributed by atoms with van der Waals surface area (Å²) in [5.41, 5.74) is 3.30. The SMILES string of the molecule is CCOc1ccc(C(Cl)c2ccc(C)cc2Br)cc1Br. The maximum absolute atomic E-state index is 6.60. The van der Waals surface area contributed by atoms with E-state index < -0.39 is 0 Å². The van der Waals surface area contributed by atoms with Crippen LogP contribution in [0.5, 0.6) is 5.75 Å². The molecule has 2 aromatic carbocycles. The molecule has 2 rings (SSSR count). The topological polar surface area (TPSA) is 9.23 Å². The molecule has 1 atom stereocenters. The molecule has 0 aliphatic heterocycles. The van der Waals surface area contributed by atoms with Crippen LogP contribution >= 0.6 is 43.5 Å². The molecule has 0 aliphatic carbocycles. The number of rotatable bonds is 4. The van der Waals surface area contributed by atoms with Gasteiger partial charge in [0.1, 0.15) is 5.75 Å². The summed E-state index contributed by atoms with van der Waals surface area (Å²) in [6, 6.07) is 12.2. The first-order chi connectivity index (χ1) is 9.52. The summed E-state index contributed by atoms with van der Waals surface area (Å²) in [7, 11) is 0. The molecule has 0 spiro atoms. The summed E-state index contributed by atoms with van der Waals surface area (Å²) in [6.45, 7) is 4.67. The second-order valence-corrected chi connectivity index (χ2v) is 6.66. The van der Waals surface area contributed by atoms with Crippen molar-refractivity contribution in [2.45, 2.75) is 19.2 Å². The Morgan fingerprint density at radius 2 is 1.85 bits per heavy atom. The van der Waals surface area contributed by atoms with Gasteiger partial charge in [-0.2, -0.15) is 0 Å². The van der Waals surface area contributed by atoms with E-state index >= 15 is 0 Å². The average molecular weight is 419 g/mol. The van der Waals surface area contributed by atoms with E-state index in [1.54, 1.807) is 0 Å². The lowest BCUT2D eigenvalue weighted by molar-refractivity contribution is 0.338. The van der Waals surface area contributed by atoms with Gasteiger partial charge in [0.25, 0.3) is 0 Å². The summed E-state index contributed by atoms with van der Waals surface area (Å²) in [6.07, 6.45) is 0. The fourth-order valence-corrected chi connectivity index (χ4v) is 3.66. The number of hydrogen-bond acceptors (Lipinski definition) is 1. The van der Waals surface area contributed by atoms with Gasteiger partial charge in [0, 0.05) is 4.47 Å². The summed E-state index contributed by atoms with van der Waals surface area (Å²) in [5, 5.41) is -0.197. The van der Waals surface area contributed by atoms with E-state index in [4.69, 9.17) is 16.3 Å². The fraction of sp³-hybridized carbons (Fsp3) is 0.250. The third kappa shape index (κ3) is 3.57. The number of hydrogen-bond donors (Lipinski definition) is 0. The Morgan fingerprint density at radius 1 is 1.10 bits per heavy atom. The van der Waals surface area contributed by atoms with Crippen LogP contribution in [-0.2, 0) is 0 Å². The minimum atomic E-state index is -0.197. The third-order valence-corrected chi connectivity index (χ3v) is 4.77. The third-order valence-electron chi connectivity index (χ3n) is 2.98. The smallest absolute Gasteiger partial charge is 0.133 e. The minimum absolute atomic E-state index is 0.197. The van der Waals surface area contributed by atoms with E-state index in [-0.39, 0.29) is 5.38 Å². The molecule has 4 heteroatoms.